The molecule has 1 aromatic carbocycles. The average Bonchev–Trinajstić information content (AvgIpc) is 2.31. The fraction of sp³-hybridized carbons (Fsp3) is 0.417. The third-order valence-corrected chi connectivity index (χ3v) is 3.00. The van der Waals surface area contributed by atoms with Crippen LogP contribution in [-0.2, 0) is 11.3 Å². The smallest absolute Gasteiger partial charge is 0.104 e. The molecule has 2 rings (SSSR count). The van der Waals surface area contributed by atoms with Gasteiger partial charge in [0.2, 0.25) is 0 Å². The summed E-state index contributed by atoms with van der Waals surface area (Å²) in [7, 11) is 0. The lowest BCUT2D eigenvalue weighted by Gasteiger charge is -2.27. The monoisotopic (exact) mass is 236 g/mol. The van der Waals surface area contributed by atoms with Crippen LogP contribution in [0.4, 0.5) is 0 Å². The van der Waals surface area contributed by atoms with Gasteiger partial charge in [-0.25, -0.2) is 0 Å². The van der Waals surface area contributed by atoms with Crippen LogP contribution in [0.3, 0.4) is 0 Å². The highest BCUT2D eigenvalue weighted by Crippen LogP contribution is 2.12. The molecule has 1 aliphatic heterocycles. The number of nitrogens with two attached hydrogens (primary N) is 1. The van der Waals surface area contributed by atoms with Crippen LogP contribution >= 0.6 is 12.2 Å². The lowest BCUT2D eigenvalue weighted by molar-refractivity contribution is 0.0342. The molecule has 0 atom stereocenters. The van der Waals surface area contributed by atoms with Crippen molar-refractivity contribution in [2.45, 2.75) is 6.54 Å². The molecule has 2 N–H and O–H groups in total. The Kier molecular flexibility index (Phi) is 3.88. The van der Waals surface area contributed by atoms with Gasteiger partial charge in [0, 0.05) is 25.2 Å². The van der Waals surface area contributed by atoms with Crippen molar-refractivity contribution in [2.75, 3.05) is 26.3 Å². The largest absolute Gasteiger partial charge is 0.389 e. The van der Waals surface area contributed by atoms with E-state index >= 15 is 0 Å². The van der Waals surface area contributed by atoms with Gasteiger partial charge in [0.25, 0.3) is 0 Å². The van der Waals surface area contributed by atoms with Gasteiger partial charge in [-0.2, -0.15) is 0 Å². The number of rotatable bonds is 3. The Bertz CT molecular complexity index is 375. The first-order valence-corrected chi connectivity index (χ1v) is 5.86. The maximum absolute atomic E-state index is 5.71. The van der Waals surface area contributed by atoms with Crippen molar-refractivity contribution >= 4 is 17.2 Å². The predicted molar refractivity (Wildman–Crippen MR) is 68.4 cm³/mol. The van der Waals surface area contributed by atoms with Crippen LogP contribution in [0.2, 0.25) is 0 Å². The van der Waals surface area contributed by atoms with Crippen molar-refractivity contribution in [1.82, 2.24) is 4.90 Å². The summed E-state index contributed by atoms with van der Waals surface area (Å²) in [6.07, 6.45) is 0. The Morgan fingerprint density at radius 3 is 2.69 bits per heavy atom. The molecule has 1 aliphatic rings. The summed E-state index contributed by atoms with van der Waals surface area (Å²) in [6.45, 7) is 4.48. The third-order valence-electron chi connectivity index (χ3n) is 2.78. The van der Waals surface area contributed by atoms with E-state index in [1.807, 2.05) is 18.2 Å². The highest BCUT2D eigenvalue weighted by molar-refractivity contribution is 7.80. The molecule has 0 aromatic heterocycles. The Morgan fingerprint density at radius 1 is 1.31 bits per heavy atom. The van der Waals surface area contributed by atoms with Crippen LogP contribution in [-0.4, -0.2) is 36.2 Å². The molecule has 0 radical (unpaired) electrons. The van der Waals surface area contributed by atoms with Crippen LogP contribution < -0.4 is 5.73 Å². The summed E-state index contributed by atoms with van der Waals surface area (Å²) < 4.78 is 5.32. The normalized spacial score (nSPS) is 17.2. The second kappa shape index (κ2) is 5.39. The lowest BCUT2D eigenvalue weighted by atomic mass is 10.1. The van der Waals surface area contributed by atoms with E-state index in [-0.39, 0.29) is 0 Å². The quantitative estimate of drug-likeness (QED) is 0.799. The predicted octanol–water partition coefficient (Wildman–Crippen LogP) is 1.15. The fourth-order valence-corrected chi connectivity index (χ4v) is 2.10. The minimum atomic E-state index is 0.476. The van der Waals surface area contributed by atoms with Crippen LogP contribution in [0.5, 0.6) is 0 Å². The summed E-state index contributed by atoms with van der Waals surface area (Å²) in [6, 6.07) is 8.07. The van der Waals surface area contributed by atoms with Crippen molar-refractivity contribution in [3.63, 3.8) is 0 Å². The molecule has 86 valence electrons. The maximum Gasteiger partial charge on any atom is 0.104 e. The second-order valence-corrected chi connectivity index (χ2v) is 4.35. The summed E-state index contributed by atoms with van der Waals surface area (Å²) in [5.74, 6) is 0. The molecule has 0 amide bonds. The van der Waals surface area contributed by atoms with Gasteiger partial charge in [-0.15, -0.1) is 0 Å². The molecule has 1 heterocycles. The number of ether oxygens (including phenoxy) is 1. The molecular formula is C12H16N2OS. The zero-order valence-electron chi connectivity index (χ0n) is 9.19. The molecule has 3 nitrogen and oxygen atoms in total. The zero-order chi connectivity index (χ0) is 11.4. The number of morpholine rings is 1. The first kappa shape index (κ1) is 11.5. The average molecular weight is 236 g/mol. The Morgan fingerprint density at radius 2 is 2.00 bits per heavy atom. The van der Waals surface area contributed by atoms with Gasteiger partial charge in [-0.1, -0.05) is 36.5 Å². The number of nitrogens with zero attached hydrogens (tertiary/aromatic N) is 1. The molecule has 16 heavy (non-hydrogen) atoms. The van der Waals surface area contributed by atoms with Crippen molar-refractivity contribution in [1.29, 1.82) is 0 Å². The molecule has 0 bridgehead atoms. The van der Waals surface area contributed by atoms with E-state index < -0.39 is 0 Å². The topological polar surface area (TPSA) is 38.5 Å². The number of hydrogen-bond donors (Lipinski definition) is 1. The van der Waals surface area contributed by atoms with E-state index in [0.29, 0.717) is 4.99 Å². The minimum absolute atomic E-state index is 0.476. The molecule has 0 spiro atoms. The molecule has 0 unspecified atom stereocenters. The number of thiocarbonyl (C=S) groups is 1. The maximum atomic E-state index is 5.71. The van der Waals surface area contributed by atoms with E-state index in [1.165, 1.54) is 5.56 Å². The molecule has 1 saturated heterocycles. The van der Waals surface area contributed by atoms with Gasteiger partial charge in [-0.3, -0.25) is 4.90 Å². The molecule has 0 saturated carbocycles. The van der Waals surface area contributed by atoms with Gasteiger partial charge in [0.05, 0.1) is 13.2 Å². The Balaban J connectivity index is 2.10. The summed E-state index contributed by atoms with van der Waals surface area (Å²) >= 11 is 5.05. The Hall–Kier alpha value is -0.970. The second-order valence-electron chi connectivity index (χ2n) is 3.91. The van der Waals surface area contributed by atoms with Crippen LogP contribution in [0.1, 0.15) is 11.1 Å². The SMILES string of the molecule is NC(=S)c1ccccc1CN1CCOCC1. The molecular weight excluding hydrogens is 220 g/mol. The summed E-state index contributed by atoms with van der Waals surface area (Å²) in [5, 5.41) is 0. The highest BCUT2D eigenvalue weighted by atomic mass is 32.1. The van der Waals surface area contributed by atoms with Crippen LogP contribution in [0.15, 0.2) is 24.3 Å². The molecule has 4 heteroatoms. The zero-order valence-corrected chi connectivity index (χ0v) is 10.0. The number of hydrogen-bond acceptors (Lipinski definition) is 3. The van der Waals surface area contributed by atoms with Gasteiger partial charge in [-0.05, 0) is 5.56 Å². The number of benzene rings is 1. The Labute approximate surface area is 101 Å². The van der Waals surface area contributed by atoms with E-state index in [2.05, 4.69) is 11.0 Å². The third kappa shape index (κ3) is 2.78. The van der Waals surface area contributed by atoms with Gasteiger partial charge in [0.15, 0.2) is 0 Å². The van der Waals surface area contributed by atoms with Crippen LogP contribution in [0.25, 0.3) is 0 Å². The molecule has 1 fully saturated rings. The van der Waals surface area contributed by atoms with Crippen LogP contribution in [0, 0.1) is 0 Å². The van der Waals surface area contributed by atoms with Gasteiger partial charge in [0.1, 0.15) is 4.99 Å². The van der Waals surface area contributed by atoms with Crippen molar-refractivity contribution in [2.24, 2.45) is 5.73 Å². The molecule has 1 aromatic rings. The van der Waals surface area contributed by atoms with E-state index in [0.717, 1.165) is 38.4 Å². The lowest BCUT2D eigenvalue weighted by Crippen LogP contribution is -2.36. The summed E-state index contributed by atoms with van der Waals surface area (Å²) in [4.78, 5) is 2.84. The summed E-state index contributed by atoms with van der Waals surface area (Å²) in [5.41, 5.74) is 7.90. The van der Waals surface area contributed by atoms with E-state index in [1.54, 1.807) is 0 Å². The first-order valence-electron chi connectivity index (χ1n) is 5.45. The van der Waals surface area contributed by atoms with Crippen molar-refractivity contribution in [3.05, 3.63) is 35.4 Å². The van der Waals surface area contributed by atoms with Crippen molar-refractivity contribution < 1.29 is 4.74 Å². The minimum Gasteiger partial charge on any atom is -0.389 e. The molecule has 0 aliphatic carbocycles. The first-order chi connectivity index (χ1) is 7.77. The van der Waals surface area contributed by atoms with Crippen molar-refractivity contribution in [3.8, 4) is 0 Å². The van der Waals surface area contributed by atoms with Gasteiger partial charge >= 0.3 is 0 Å². The standard InChI is InChI=1S/C12H16N2OS/c13-12(16)11-4-2-1-3-10(11)9-14-5-7-15-8-6-14/h1-4H,5-9H2,(H2,13,16). The van der Waals surface area contributed by atoms with Gasteiger partial charge < -0.3 is 10.5 Å². The fourth-order valence-electron chi connectivity index (χ4n) is 1.90. The van der Waals surface area contributed by atoms with E-state index in [9.17, 15) is 0 Å². The van der Waals surface area contributed by atoms with E-state index in [4.69, 9.17) is 22.7 Å². The highest BCUT2D eigenvalue weighted by Gasteiger charge is 2.13.